The first kappa shape index (κ1) is 17.2. The minimum absolute atomic E-state index is 0.601. The van der Waals surface area contributed by atoms with E-state index in [1.165, 1.54) is 0 Å². The van der Waals surface area contributed by atoms with Gasteiger partial charge in [0.2, 0.25) is 0 Å². The summed E-state index contributed by atoms with van der Waals surface area (Å²) in [6.07, 6.45) is -0.758. The van der Waals surface area contributed by atoms with E-state index in [1.807, 2.05) is 0 Å². The van der Waals surface area contributed by atoms with Crippen LogP contribution in [-0.2, 0) is 15.0 Å². The molecule has 0 aromatic carbocycles. The van der Waals surface area contributed by atoms with Gasteiger partial charge in [-0.05, 0) is 26.2 Å². The standard InChI is InChI=1S/C11H22FNO4S/c1-10(2,3)8(7-18(12,15)16)13-9(14)17-11(4,5)6/h8H,7H2,1-6H3,(H,13,14). The average molecular weight is 283 g/mol. The lowest BCUT2D eigenvalue weighted by Gasteiger charge is -2.31. The number of alkyl carbamates (subject to hydrolysis) is 1. The smallest absolute Gasteiger partial charge is 0.407 e. The maximum atomic E-state index is 12.7. The number of carbonyl (C=O) groups excluding carboxylic acids is 1. The van der Waals surface area contributed by atoms with Gasteiger partial charge in [0.1, 0.15) is 11.4 Å². The maximum Gasteiger partial charge on any atom is 0.407 e. The number of hydrogen-bond donors (Lipinski definition) is 1. The number of nitrogens with one attached hydrogen (secondary N) is 1. The van der Waals surface area contributed by atoms with Gasteiger partial charge in [-0.25, -0.2) is 4.79 Å². The highest BCUT2D eigenvalue weighted by Gasteiger charge is 2.32. The first-order valence-corrected chi connectivity index (χ1v) is 7.18. The summed E-state index contributed by atoms with van der Waals surface area (Å²) in [6.45, 7) is 10.2. The monoisotopic (exact) mass is 283 g/mol. The molecule has 0 bridgehead atoms. The van der Waals surface area contributed by atoms with Crippen molar-refractivity contribution in [3.63, 3.8) is 0 Å². The van der Waals surface area contributed by atoms with Crippen LogP contribution in [0.1, 0.15) is 41.5 Å². The summed E-state index contributed by atoms with van der Waals surface area (Å²) in [4.78, 5) is 11.6. The summed E-state index contributed by atoms with van der Waals surface area (Å²) in [5.41, 5.74) is -1.29. The van der Waals surface area contributed by atoms with E-state index in [0.29, 0.717) is 0 Å². The Morgan fingerprint density at radius 2 is 1.67 bits per heavy atom. The molecule has 1 unspecified atom stereocenters. The van der Waals surface area contributed by atoms with Gasteiger partial charge in [-0.15, -0.1) is 3.89 Å². The summed E-state index contributed by atoms with van der Waals surface area (Å²) in [5, 5.41) is 2.39. The molecule has 0 fully saturated rings. The minimum atomic E-state index is -4.67. The van der Waals surface area contributed by atoms with E-state index in [0.717, 1.165) is 0 Å². The maximum absolute atomic E-state index is 12.7. The zero-order valence-corrected chi connectivity index (χ0v) is 12.5. The van der Waals surface area contributed by atoms with Crippen LogP contribution < -0.4 is 5.32 Å². The van der Waals surface area contributed by atoms with Gasteiger partial charge in [0.15, 0.2) is 0 Å². The summed E-state index contributed by atoms with van der Waals surface area (Å²) >= 11 is 0. The summed E-state index contributed by atoms with van der Waals surface area (Å²) < 4.78 is 39.1. The van der Waals surface area contributed by atoms with E-state index in [4.69, 9.17) is 4.74 Å². The third-order valence-electron chi connectivity index (χ3n) is 2.10. The summed E-state index contributed by atoms with van der Waals surface area (Å²) in [7, 11) is -4.67. The largest absolute Gasteiger partial charge is 0.444 e. The lowest BCUT2D eigenvalue weighted by Crippen LogP contribution is -2.49. The van der Waals surface area contributed by atoms with Crippen molar-refractivity contribution >= 4 is 16.3 Å². The molecule has 0 radical (unpaired) electrons. The normalized spacial score (nSPS) is 15.1. The molecule has 7 heteroatoms. The van der Waals surface area contributed by atoms with Crippen molar-refractivity contribution in [3.8, 4) is 0 Å². The van der Waals surface area contributed by atoms with Crippen molar-refractivity contribution in [3.05, 3.63) is 0 Å². The van der Waals surface area contributed by atoms with Gasteiger partial charge in [0, 0.05) is 0 Å². The Hall–Kier alpha value is -0.850. The van der Waals surface area contributed by atoms with Gasteiger partial charge in [0.05, 0.1) is 6.04 Å². The molecule has 0 aliphatic heterocycles. The van der Waals surface area contributed by atoms with Gasteiger partial charge in [-0.2, -0.15) is 8.42 Å². The summed E-state index contributed by atoms with van der Waals surface area (Å²) in [5.74, 6) is -0.768. The van der Waals surface area contributed by atoms with E-state index in [2.05, 4.69) is 5.32 Å². The van der Waals surface area contributed by atoms with Crippen molar-refractivity contribution < 1.29 is 21.8 Å². The minimum Gasteiger partial charge on any atom is -0.444 e. The van der Waals surface area contributed by atoms with E-state index in [1.54, 1.807) is 41.5 Å². The number of carbonyl (C=O) groups is 1. The Bertz CT molecular complexity index is 392. The molecule has 1 amide bonds. The highest BCUT2D eigenvalue weighted by atomic mass is 32.3. The van der Waals surface area contributed by atoms with E-state index in [9.17, 15) is 17.1 Å². The molecular formula is C11H22FNO4S. The quantitative estimate of drug-likeness (QED) is 0.806. The van der Waals surface area contributed by atoms with Crippen LogP contribution in [0.4, 0.5) is 8.68 Å². The summed E-state index contributed by atoms with van der Waals surface area (Å²) in [6, 6.07) is -0.859. The molecule has 18 heavy (non-hydrogen) atoms. The van der Waals surface area contributed by atoms with Crippen molar-refractivity contribution in [1.29, 1.82) is 0 Å². The van der Waals surface area contributed by atoms with Crippen LogP contribution in [0.2, 0.25) is 0 Å². The zero-order chi connectivity index (χ0) is 14.8. The van der Waals surface area contributed by atoms with Gasteiger partial charge in [-0.3, -0.25) is 0 Å². The molecule has 0 spiro atoms. The molecule has 0 aliphatic rings. The highest BCUT2D eigenvalue weighted by Crippen LogP contribution is 2.21. The highest BCUT2D eigenvalue weighted by molar-refractivity contribution is 7.86. The molecule has 108 valence electrons. The van der Waals surface area contributed by atoms with Crippen LogP contribution in [0.5, 0.6) is 0 Å². The molecule has 0 saturated heterocycles. The van der Waals surface area contributed by atoms with Crippen molar-refractivity contribution in [1.82, 2.24) is 5.32 Å². The Kier molecular flexibility index (Phi) is 5.16. The van der Waals surface area contributed by atoms with Crippen LogP contribution in [0, 0.1) is 5.41 Å². The van der Waals surface area contributed by atoms with Gasteiger partial charge < -0.3 is 10.1 Å². The van der Waals surface area contributed by atoms with Gasteiger partial charge in [0.25, 0.3) is 0 Å². The Morgan fingerprint density at radius 3 is 1.94 bits per heavy atom. The zero-order valence-electron chi connectivity index (χ0n) is 11.7. The molecular weight excluding hydrogens is 261 g/mol. The lowest BCUT2D eigenvalue weighted by molar-refractivity contribution is 0.0474. The lowest BCUT2D eigenvalue weighted by atomic mass is 9.88. The fourth-order valence-electron chi connectivity index (χ4n) is 1.16. The molecule has 0 rings (SSSR count). The second kappa shape index (κ2) is 5.42. The molecule has 0 aromatic rings. The SMILES string of the molecule is CC(C)(C)OC(=O)NC(CS(=O)(=O)F)C(C)(C)C. The second-order valence-corrected chi connectivity index (χ2v) is 7.68. The Morgan fingerprint density at radius 1 is 1.22 bits per heavy atom. The Labute approximate surface area is 108 Å². The number of hydrogen-bond acceptors (Lipinski definition) is 4. The number of rotatable bonds is 3. The third-order valence-corrected chi connectivity index (χ3v) is 2.83. The molecule has 5 nitrogen and oxygen atoms in total. The Balaban J connectivity index is 4.78. The first-order chi connectivity index (χ1) is 7.71. The van der Waals surface area contributed by atoms with Gasteiger partial charge >= 0.3 is 16.3 Å². The average Bonchev–Trinajstić information content (AvgIpc) is 1.93. The fraction of sp³-hybridized carbons (Fsp3) is 0.909. The fourth-order valence-corrected chi connectivity index (χ4v) is 2.14. The third kappa shape index (κ3) is 8.27. The molecule has 1 atom stereocenters. The van der Waals surface area contributed by atoms with E-state index >= 15 is 0 Å². The second-order valence-electron chi connectivity index (χ2n) is 6.27. The van der Waals surface area contributed by atoms with Crippen LogP contribution >= 0.6 is 0 Å². The number of amides is 1. The van der Waals surface area contributed by atoms with E-state index in [-0.39, 0.29) is 0 Å². The van der Waals surface area contributed by atoms with Crippen LogP contribution in [0.15, 0.2) is 0 Å². The van der Waals surface area contributed by atoms with Crippen molar-refractivity contribution in [2.75, 3.05) is 5.75 Å². The van der Waals surface area contributed by atoms with E-state index < -0.39 is 39.1 Å². The van der Waals surface area contributed by atoms with Gasteiger partial charge in [-0.1, -0.05) is 20.8 Å². The van der Waals surface area contributed by atoms with Crippen LogP contribution in [-0.4, -0.2) is 31.9 Å². The number of halogens is 1. The van der Waals surface area contributed by atoms with Crippen LogP contribution in [0.3, 0.4) is 0 Å². The molecule has 0 heterocycles. The van der Waals surface area contributed by atoms with Crippen molar-refractivity contribution in [2.24, 2.45) is 5.41 Å². The predicted octanol–water partition coefficient (Wildman–Crippen LogP) is 2.23. The molecule has 0 aliphatic carbocycles. The molecule has 0 saturated carbocycles. The van der Waals surface area contributed by atoms with Crippen LogP contribution in [0.25, 0.3) is 0 Å². The van der Waals surface area contributed by atoms with Crippen molar-refractivity contribution in [2.45, 2.75) is 53.2 Å². The topological polar surface area (TPSA) is 72.5 Å². The molecule has 0 aromatic heterocycles. The number of ether oxygens (including phenoxy) is 1. The first-order valence-electron chi connectivity index (χ1n) is 5.62. The molecule has 1 N–H and O–H groups in total. The predicted molar refractivity (Wildman–Crippen MR) is 67.5 cm³/mol.